The van der Waals surface area contributed by atoms with E-state index in [2.05, 4.69) is 0 Å². The van der Waals surface area contributed by atoms with Gasteiger partial charge in [0.1, 0.15) is 0 Å². The Morgan fingerprint density at radius 3 is 2.00 bits per heavy atom. The molecule has 0 aliphatic carbocycles. The molecule has 10 heavy (non-hydrogen) atoms. The van der Waals surface area contributed by atoms with Gasteiger partial charge in [0, 0.05) is 5.75 Å². The quantitative estimate of drug-likeness (QED) is 0.648. The Morgan fingerprint density at radius 2 is 1.90 bits per heavy atom. The fourth-order valence-electron chi connectivity index (χ4n) is 0.732. The van der Waals surface area contributed by atoms with E-state index in [4.69, 9.17) is 5.11 Å². The van der Waals surface area contributed by atoms with Crippen LogP contribution in [-0.4, -0.2) is 31.1 Å². The second kappa shape index (κ2) is 3.93. The zero-order valence-electron chi connectivity index (χ0n) is 6.37. The van der Waals surface area contributed by atoms with Gasteiger partial charge in [0.05, 0.1) is 11.9 Å². The topological polar surface area (TPSA) is 54.4 Å². The number of sulfone groups is 1. The Labute approximate surface area is 62.0 Å². The lowest BCUT2D eigenvalue weighted by molar-refractivity contribution is 0.288. The average molecular weight is 166 g/mol. The highest BCUT2D eigenvalue weighted by atomic mass is 32.2. The third-order valence-corrected chi connectivity index (χ3v) is 3.87. The second-order valence-electron chi connectivity index (χ2n) is 2.16. The fourth-order valence-corrected chi connectivity index (χ4v) is 1.94. The molecule has 0 spiro atoms. The number of hydrogen-bond acceptors (Lipinski definition) is 3. The summed E-state index contributed by atoms with van der Waals surface area (Å²) in [5, 5.41) is 8.06. The van der Waals surface area contributed by atoms with Crippen LogP contribution in [0, 0.1) is 0 Å². The van der Waals surface area contributed by atoms with Gasteiger partial charge in [-0.3, -0.25) is 0 Å². The van der Waals surface area contributed by atoms with E-state index in [1.807, 2.05) is 0 Å². The maximum atomic E-state index is 11.0. The first-order valence-corrected chi connectivity index (χ1v) is 5.12. The van der Waals surface area contributed by atoms with Gasteiger partial charge in [-0.15, -0.1) is 0 Å². The van der Waals surface area contributed by atoms with Crippen molar-refractivity contribution in [2.75, 3.05) is 12.4 Å². The number of aliphatic hydroxyl groups is 1. The van der Waals surface area contributed by atoms with Crippen molar-refractivity contribution in [3.63, 3.8) is 0 Å². The lowest BCUT2D eigenvalue weighted by Gasteiger charge is -2.09. The van der Waals surface area contributed by atoms with Gasteiger partial charge < -0.3 is 5.11 Å². The Kier molecular flexibility index (Phi) is 3.89. The molecule has 0 saturated carbocycles. The highest BCUT2D eigenvalue weighted by Crippen LogP contribution is 2.04. The zero-order chi connectivity index (χ0) is 8.20. The molecule has 0 aromatic carbocycles. The zero-order valence-corrected chi connectivity index (χ0v) is 7.19. The van der Waals surface area contributed by atoms with Crippen molar-refractivity contribution in [1.29, 1.82) is 0 Å². The SMILES string of the molecule is CCC(CO)S(=O)(=O)CC. The minimum Gasteiger partial charge on any atom is -0.395 e. The summed E-state index contributed by atoms with van der Waals surface area (Å²) in [6.45, 7) is 3.09. The molecule has 4 heteroatoms. The van der Waals surface area contributed by atoms with Crippen molar-refractivity contribution in [3.05, 3.63) is 0 Å². The molecular weight excluding hydrogens is 152 g/mol. The smallest absolute Gasteiger partial charge is 0.155 e. The van der Waals surface area contributed by atoms with Crippen LogP contribution in [0.15, 0.2) is 0 Å². The Bertz CT molecular complexity index is 167. The standard InChI is InChI=1S/C6H14O3S/c1-3-6(5-7)10(8,9)4-2/h6-7H,3-5H2,1-2H3. The van der Waals surface area contributed by atoms with Gasteiger partial charge in [-0.1, -0.05) is 13.8 Å². The molecule has 0 aromatic heterocycles. The van der Waals surface area contributed by atoms with Gasteiger partial charge in [-0.05, 0) is 6.42 Å². The van der Waals surface area contributed by atoms with Crippen LogP contribution in [0.2, 0.25) is 0 Å². The molecule has 0 heterocycles. The number of aliphatic hydroxyl groups excluding tert-OH is 1. The van der Waals surface area contributed by atoms with Crippen LogP contribution in [0.3, 0.4) is 0 Å². The third kappa shape index (κ3) is 2.27. The summed E-state index contributed by atoms with van der Waals surface area (Å²) in [6.07, 6.45) is 0.493. The largest absolute Gasteiger partial charge is 0.395 e. The molecule has 0 aromatic rings. The van der Waals surface area contributed by atoms with Crippen LogP contribution < -0.4 is 0 Å². The number of rotatable bonds is 4. The molecule has 1 unspecified atom stereocenters. The Balaban J connectivity index is 4.28. The molecule has 0 rings (SSSR count). The summed E-state index contributed by atoms with van der Waals surface area (Å²) in [5.74, 6) is 0.117. The van der Waals surface area contributed by atoms with Crippen molar-refractivity contribution in [2.24, 2.45) is 0 Å². The third-order valence-electron chi connectivity index (χ3n) is 1.57. The van der Waals surface area contributed by atoms with Crippen LogP contribution in [0.1, 0.15) is 20.3 Å². The molecule has 0 radical (unpaired) electrons. The summed E-state index contributed by atoms with van der Waals surface area (Å²) < 4.78 is 22.0. The molecular formula is C6H14O3S. The van der Waals surface area contributed by atoms with Gasteiger partial charge in [-0.2, -0.15) is 0 Å². The average Bonchev–Trinajstić information content (AvgIpc) is 1.90. The van der Waals surface area contributed by atoms with Crippen LogP contribution in [0.5, 0.6) is 0 Å². The van der Waals surface area contributed by atoms with Gasteiger partial charge in [-0.25, -0.2) is 8.42 Å². The summed E-state index contributed by atoms with van der Waals surface area (Å²) >= 11 is 0. The van der Waals surface area contributed by atoms with E-state index in [1.165, 1.54) is 0 Å². The highest BCUT2D eigenvalue weighted by molar-refractivity contribution is 7.92. The first-order chi connectivity index (χ1) is 4.58. The van der Waals surface area contributed by atoms with Gasteiger partial charge in [0.25, 0.3) is 0 Å². The van der Waals surface area contributed by atoms with Gasteiger partial charge >= 0.3 is 0 Å². The Hall–Kier alpha value is -0.0900. The predicted octanol–water partition coefficient (Wildman–Crippen LogP) is 0.192. The van der Waals surface area contributed by atoms with Crippen molar-refractivity contribution in [1.82, 2.24) is 0 Å². The Morgan fingerprint density at radius 1 is 1.40 bits per heavy atom. The van der Waals surface area contributed by atoms with Crippen LogP contribution in [-0.2, 0) is 9.84 Å². The summed E-state index contributed by atoms with van der Waals surface area (Å²) in [4.78, 5) is 0. The highest BCUT2D eigenvalue weighted by Gasteiger charge is 2.19. The molecule has 0 fully saturated rings. The first-order valence-electron chi connectivity index (χ1n) is 3.40. The molecule has 62 valence electrons. The van der Waals surface area contributed by atoms with Crippen molar-refractivity contribution in [2.45, 2.75) is 25.5 Å². The van der Waals surface area contributed by atoms with Crippen molar-refractivity contribution in [3.8, 4) is 0 Å². The summed E-state index contributed by atoms with van der Waals surface area (Å²) in [7, 11) is -3.01. The fraction of sp³-hybridized carbons (Fsp3) is 1.00. The van der Waals surface area contributed by atoms with Crippen LogP contribution >= 0.6 is 0 Å². The molecule has 0 saturated heterocycles. The van der Waals surface area contributed by atoms with Crippen LogP contribution in [0.25, 0.3) is 0 Å². The molecule has 0 aliphatic rings. The van der Waals surface area contributed by atoms with E-state index < -0.39 is 15.1 Å². The normalized spacial score (nSPS) is 15.1. The van der Waals surface area contributed by atoms with E-state index in [9.17, 15) is 8.42 Å². The van der Waals surface area contributed by atoms with Gasteiger partial charge in [0.15, 0.2) is 9.84 Å². The van der Waals surface area contributed by atoms with Gasteiger partial charge in [0.2, 0.25) is 0 Å². The minimum absolute atomic E-state index is 0.117. The van der Waals surface area contributed by atoms with E-state index >= 15 is 0 Å². The summed E-state index contributed by atoms with van der Waals surface area (Å²) in [6, 6.07) is 0. The lowest BCUT2D eigenvalue weighted by atomic mass is 10.3. The molecule has 1 N–H and O–H groups in total. The van der Waals surface area contributed by atoms with E-state index in [0.29, 0.717) is 6.42 Å². The minimum atomic E-state index is -3.01. The molecule has 0 amide bonds. The monoisotopic (exact) mass is 166 g/mol. The molecule has 1 atom stereocenters. The van der Waals surface area contributed by atoms with Crippen molar-refractivity contribution >= 4 is 9.84 Å². The number of hydrogen-bond donors (Lipinski definition) is 1. The second-order valence-corrected chi connectivity index (χ2v) is 4.73. The lowest BCUT2D eigenvalue weighted by Crippen LogP contribution is -2.25. The van der Waals surface area contributed by atoms with E-state index in [-0.39, 0.29) is 12.4 Å². The summed E-state index contributed by atoms with van der Waals surface area (Å²) in [5.41, 5.74) is 0. The maximum Gasteiger partial charge on any atom is 0.155 e. The van der Waals surface area contributed by atoms with E-state index in [0.717, 1.165) is 0 Å². The first kappa shape index (κ1) is 9.91. The van der Waals surface area contributed by atoms with Crippen molar-refractivity contribution < 1.29 is 13.5 Å². The molecule has 0 bridgehead atoms. The molecule has 0 aliphatic heterocycles. The maximum absolute atomic E-state index is 11.0. The van der Waals surface area contributed by atoms with Crippen LogP contribution in [0.4, 0.5) is 0 Å². The van der Waals surface area contributed by atoms with E-state index in [1.54, 1.807) is 13.8 Å². The molecule has 3 nitrogen and oxygen atoms in total. The predicted molar refractivity (Wildman–Crippen MR) is 40.6 cm³/mol.